The Balaban J connectivity index is 1.73. The number of anilines is 2. The summed E-state index contributed by atoms with van der Waals surface area (Å²) in [5.41, 5.74) is 3.29. The minimum Gasteiger partial charge on any atom is -0.480 e. The molecule has 6 rings (SSSR count). The highest BCUT2D eigenvalue weighted by Crippen LogP contribution is 2.55. The molecule has 41 heavy (non-hydrogen) atoms. The number of carbonyl (C=O) groups is 2. The number of fused-ring (bicyclic) bond motifs is 4. The largest absolute Gasteiger partial charge is 0.480 e. The van der Waals surface area contributed by atoms with Crippen LogP contribution >= 0.6 is 11.6 Å². The Bertz CT molecular complexity index is 1750. The molecule has 1 unspecified atom stereocenters. The van der Waals surface area contributed by atoms with E-state index in [1.54, 1.807) is 29.3 Å². The minimum absolute atomic E-state index is 0.132. The number of hydrogen-bond donors (Lipinski definition) is 1. The minimum atomic E-state index is -1.54. The van der Waals surface area contributed by atoms with E-state index in [2.05, 4.69) is 15.3 Å². The second kappa shape index (κ2) is 9.59. The predicted octanol–water partition coefficient (Wildman–Crippen LogP) is 5.32. The van der Waals surface area contributed by atoms with Crippen molar-refractivity contribution >= 4 is 34.8 Å². The van der Waals surface area contributed by atoms with E-state index < -0.39 is 5.54 Å². The van der Waals surface area contributed by atoms with Gasteiger partial charge in [-0.05, 0) is 56.5 Å². The number of carbonyl (C=O) groups excluding carboxylic acids is 2. The number of aryl methyl sites for hydroxylation is 2. The molecule has 2 aromatic heterocycles. The van der Waals surface area contributed by atoms with Crippen LogP contribution in [0.25, 0.3) is 11.4 Å². The molecule has 4 heterocycles. The first-order valence-electron chi connectivity index (χ1n) is 13.3. The standard InChI is InChI=1S/C30H29ClN6O4/c1-7-17-9-8-16(4)12-22(17)37-27(38)23-24(30(37)20-11-10-18(31)13-21(20)33-28(30)39)36(15(2)3)25(34-23)19-14-32-29(41-6)35-26(19)40-5/h8-15H,7H2,1-6H3,(H,33,39). The Morgan fingerprint density at radius 3 is 2.54 bits per heavy atom. The first kappa shape index (κ1) is 26.8. The summed E-state index contributed by atoms with van der Waals surface area (Å²) in [7, 11) is 2.96. The molecule has 0 radical (unpaired) electrons. The summed E-state index contributed by atoms with van der Waals surface area (Å²) in [6.45, 7) is 7.94. The molecule has 0 aliphatic carbocycles. The Hall–Kier alpha value is -4.44. The van der Waals surface area contributed by atoms with E-state index in [-0.39, 0.29) is 35.4 Å². The number of ether oxygens (including phenoxy) is 2. The summed E-state index contributed by atoms with van der Waals surface area (Å²) in [6, 6.07) is 11.1. The maximum atomic E-state index is 14.6. The molecule has 2 aliphatic rings. The molecule has 1 atom stereocenters. The van der Waals surface area contributed by atoms with Gasteiger partial charge in [0.1, 0.15) is 5.82 Å². The number of benzene rings is 2. The van der Waals surface area contributed by atoms with Gasteiger partial charge in [0.05, 0.1) is 25.5 Å². The van der Waals surface area contributed by atoms with Gasteiger partial charge in [0.15, 0.2) is 11.2 Å². The van der Waals surface area contributed by atoms with Crippen molar-refractivity contribution in [1.29, 1.82) is 0 Å². The fourth-order valence-corrected chi connectivity index (χ4v) is 6.11. The molecule has 11 heteroatoms. The van der Waals surface area contributed by atoms with Crippen LogP contribution in [-0.4, -0.2) is 45.6 Å². The number of nitrogens with zero attached hydrogens (tertiary/aromatic N) is 5. The van der Waals surface area contributed by atoms with Gasteiger partial charge in [0, 0.05) is 34.2 Å². The number of aromatic nitrogens is 4. The first-order valence-corrected chi connectivity index (χ1v) is 13.7. The van der Waals surface area contributed by atoms with Crippen LogP contribution in [0.1, 0.15) is 59.7 Å². The average Bonchev–Trinajstić information content (AvgIpc) is 3.56. The number of methoxy groups -OCH3 is 2. The first-order chi connectivity index (χ1) is 19.7. The van der Waals surface area contributed by atoms with Crippen molar-refractivity contribution in [2.24, 2.45) is 0 Å². The fourth-order valence-electron chi connectivity index (χ4n) is 5.94. The quantitative estimate of drug-likeness (QED) is 0.333. The second-order valence-electron chi connectivity index (χ2n) is 10.4. The van der Waals surface area contributed by atoms with Gasteiger partial charge in [-0.25, -0.2) is 9.97 Å². The second-order valence-corrected chi connectivity index (χ2v) is 10.8. The lowest BCUT2D eigenvalue weighted by molar-refractivity contribution is -0.119. The smallest absolute Gasteiger partial charge is 0.319 e. The number of nitrogens with one attached hydrogen (secondary N) is 1. The zero-order valence-corrected chi connectivity index (χ0v) is 24.3. The Morgan fingerprint density at radius 1 is 1.07 bits per heavy atom. The molecule has 0 saturated carbocycles. The van der Waals surface area contributed by atoms with Gasteiger partial charge in [-0.2, -0.15) is 4.98 Å². The van der Waals surface area contributed by atoms with Gasteiger partial charge in [-0.3, -0.25) is 14.5 Å². The highest BCUT2D eigenvalue weighted by Gasteiger charge is 2.64. The molecule has 0 bridgehead atoms. The molecule has 0 fully saturated rings. The lowest BCUT2D eigenvalue weighted by atomic mass is 9.86. The molecule has 2 amide bonds. The summed E-state index contributed by atoms with van der Waals surface area (Å²) < 4.78 is 12.7. The number of imidazole rings is 1. The van der Waals surface area contributed by atoms with Crippen LogP contribution in [-0.2, 0) is 16.8 Å². The zero-order chi connectivity index (χ0) is 29.2. The third kappa shape index (κ3) is 3.66. The molecule has 0 saturated heterocycles. The van der Waals surface area contributed by atoms with Crippen molar-refractivity contribution in [2.45, 2.75) is 45.7 Å². The molecular weight excluding hydrogens is 544 g/mol. The van der Waals surface area contributed by atoms with Gasteiger partial charge in [-0.1, -0.05) is 36.7 Å². The molecule has 1 N–H and O–H groups in total. The van der Waals surface area contributed by atoms with Crippen LogP contribution in [0.4, 0.5) is 11.4 Å². The van der Waals surface area contributed by atoms with Gasteiger partial charge in [0.25, 0.3) is 11.8 Å². The third-order valence-corrected chi connectivity index (χ3v) is 7.91. The van der Waals surface area contributed by atoms with Crippen molar-refractivity contribution in [3.8, 4) is 23.3 Å². The van der Waals surface area contributed by atoms with Crippen LogP contribution in [0.5, 0.6) is 11.9 Å². The van der Waals surface area contributed by atoms with Crippen molar-refractivity contribution < 1.29 is 19.1 Å². The Morgan fingerprint density at radius 2 is 1.85 bits per heavy atom. The van der Waals surface area contributed by atoms with E-state index in [0.717, 1.165) is 11.1 Å². The van der Waals surface area contributed by atoms with Crippen molar-refractivity contribution in [3.63, 3.8) is 0 Å². The highest BCUT2D eigenvalue weighted by atomic mass is 35.5. The molecule has 2 aliphatic heterocycles. The molecule has 1 spiro atoms. The number of hydrogen-bond acceptors (Lipinski definition) is 7. The monoisotopic (exact) mass is 572 g/mol. The Kier molecular flexibility index (Phi) is 6.26. The van der Waals surface area contributed by atoms with Crippen molar-refractivity contribution in [3.05, 3.63) is 75.7 Å². The summed E-state index contributed by atoms with van der Waals surface area (Å²) >= 11 is 6.35. The summed E-state index contributed by atoms with van der Waals surface area (Å²) in [6.07, 6.45) is 2.21. The number of amides is 2. The van der Waals surface area contributed by atoms with Crippen LogP contribution in [0.2, 0.25) is 5.02 Å². The van der Waals surface area contributed by atoms with E-state index in [9.17, 15) is 9.59 Å². The molecule has 4 aromatic rings. The number of halogens is 1. The summed E-state index contributed by atoms with van der Waals surface area (Å²) in [5, 5.41) is 3.49. The SMILES string of the molecule is CCc1ccc(C)cc1N1C(=O)c2nc(-c3cnc(OC)nc3OC)n(C(C)C)c2C12C(=O)Nc1cc(Cl)ccc12. The topological polar surface area (TPSA) is 111 Å². The van der Waals surface area contributed by atoms with E-state index in [0.29, 0.717) is 45.5 Å². The fraction of sp³-hybridized carbons (Fsp3) is 0.300. The van der Waals surface area contributed by atoms with Gasteiger partial charge >= 0.3 is 6.01 Å². The highest BCUT2D eigenvalue weighted by molar-refractivity contribution is 6.31. The van der Waals surface area contributed by atoms with Gasteiger partial charge < -0.3 is 19.4 Å². The molecule has 2 aromatic carbocycles. The van der Waals surface area contributed by atoms with Gasteiger partial charge in [0.2, 0.25) is 5.88 Å². The lowest BCUT2D eigenvalue weighted by Crippen LogP contribution is -2.51. The zero-order valence-electron chi connectivity index (χ0n) is 23.6. The Labute approximate surface area is 242 Å². The number of rotatable bonds is 6. The lowest BCUT2D eigenvalue weighted by Gasteiger charge is -2.36. The normalized spacial score (nSPS) is 17.3. The third-order valence-electron chi connectivity index (χ3n) is 7.67. The summed E-state index contributed by atoms with van der Waals surface area (Å²) in [4.78, 5) is 44.1. The van der Waals surface area contributed by atoms with E-state index in [1.807, 2.05) is 50.5 Å². The molecule has 10 nitrogen and oxygen atoms in total. The molecular formula is C30H29ClN6O4. The maximum absolute atomic E-state index is 14.6. The molecule has 210 valence electrons. The maximum Gasteiger partial charge on any atom is 0.319 e. The van der Waals surface area contributed by atoms with E-state index in [1.165, 1.54) is 14.2 Å². The van der Waals surface area contributed by atoms with Crippen molar-refractivity contribution in [1.82, 2.24) is 19.5 Å². The average molecular weight is 573 g/mol. The van der Waals surface area contributed by atoms with E-state index >= 15 is 0 Å². The summed E-state index contributed by atoms with van der Waals surface area (Å²) in [5.74, 6) is -0.105. The van der Waals surface area contributed by atoms with E-state index in [4.69, 9.17) is 26.1 Å². The van der Waals surface area contributed by atoms with Crippen LogP contribution in [0.3, 0.4) is 0 Å². The van der Waals surface area contributed by atoms with Crippen LogP contribution in [0.15, 0.2) is 42.6 Å². The predicted molar refractivity (Wildman–Crippen MR) is 155 cm³/mol. The van der Waals surface area contributed by atoms with Crippen LogP contribution < -0.4 is 19.7 Å². The van der Waals surface area contributed by atoms with Crippen molar-refractivity contribution in [2.75, 3.05) is 24.4 Å². The van der Waals surface area contributed by atoms with Crippen LogP contribution in [0, 0.1) is 6.92 Å². The van der Waals surface area contributed by atoms with Gasteiger partial charge in [-0.15, -0.1) is 0 Å².